The van der Waals surface area contributed by atoms with E-state index in [2.05, 4.69) is 17.6 Å². The Hall–Kier alpha value is -0.650. The molecule has 0 amide bonds. The summed E-state index contributed by atoms with van der Waals surface area (Å²) in [5.74, 6) is 0. The monoisotopic (exact) mass is 118 g/mol. The summed E-state index contributed by atoms with van der Waals surface area (Å²) in [5.41, 5.74) is 5.82. The first-order valence-corrected chi connectivity index (χ1v) is 2.14. The van der Waals surface area contributed by atoms with E-state index in [-0.39, 0.29) is 5.28 Å². The van der Waals surface area contributed by atoms with Gasteiger partial charge in [-0.3, -0.25) is 0 Å². The third-order valence-electron chi connectivity index (χ3n) is 0.690. The third-order valence-corrected chi connectivity index (χ3v) is 0.690. The van der Waals surface area contributed by atoms with Crippen LogP contribution in [0.3, 0.4) is 0 Å². The second kappa shape index (κ2) is 3.36. The second-order valence-electron chi connectivity index (χ2n) is 1.15. The van der Waals surface area contributed by atoms with Gasteiger partial charge < -0.3 is 10.6 Å². The highest BCUT2D eigenvalue weighted by Crippen LogP contribution is 1.62. The summed E-state index contributed by atoms with van der Waals surface area (Å²) in [6, 6.07) is 0. The molecule has 0 aromatic heterocycles. The zero-order chi connectivity index (χ0) is 6.57. The van der Waals surface area contributed by atoms with Crippen molar-refractivity contribution < 1.29 is 10.1 Å². The van der Waals surface area contributed by atoms with E-state index in [1.165, 1.54) is 14.1 Å². The molecule has 0 bridgehead atoms. The Morgan fingerprint density at radius 2 is 2.38 bits per heavy atom. The lowest BCUT2D eigenvalue weighted by molar-refractivity contribution is -1.31. The average Bonchev–Trinajstić information content (AvgIpc) is 1.84. The molecule has 0 aliphatic carbocycles. The molecular weight excluding hydrogens is 108 g/mol. The average molecular weight is 118 g/mol. The lowest BCUT2D eigenvalue weighted by Crippen LogP contribution is -3.16. The normalized spacial score (nSPS) is 12.9. The van der Waals surface area contributed by atoms with Gasteiger partial charge in [0.2, 0.25) is 0 Å². The van der Waals surface area contributed by atoms with Gasteiger partial charge in [-0.2, -0.15) is 0 Å². The van der Waals surface area contributed by atoms with Crippen LogP contribution in [0.5, 0.6) is 0 Å². The zero-order valence-electron chi connectivity index (χ0n) is 5.01. The molecule has 0 aliphatic heterocycles. The van der Waals surface area contributed by atoms with Gasteiger partial charge >= 0.3 is 0 Å². The summed E-state index contributed by atoms with van der Waals surface area (Å²) in [6.45, 7) is 3.28. The molecule has 2 N–H and O–H groups in total. The van der Waals surface area contributed by atoms with Gasteiger partial charge in [-0.05, 0) is 0 Å². The van der Waals surface area contributed by atoms with Crippen molar-refractivity contribution in [3.05, 3.63) is 10.6 Å². The van der Waals surface area contributed by atoms with Crippen molar-refractivity contribution in [1.82, 2.24) is 5.43 Å². The quantitative estimate of drug-likeness (QED) is 0.257. The molecule has 0 spiro atoms. The Bertz CT molecular complexity index is 83.4. The van der Waals surface area contributed by atoms with E-state index in [1.54, 1.807) is 0 Å². The molecule has 1 unspecified atom stereocenters. The van der Waals surface area contributed by atoms with E-state index in [1.807, 2.05) is 0 Å². The van der Waals surface area contributed by atoms with Crippen molar-refractivity contribution in [2.45, 2.75) is 0 Å². The van der Waals surface area contributed by atoms with Crippen molar-refractivity contribution >= 4 is 6.72 Å². The second-order valence-corrected chi connectivity index (χ2v) is 1.15. The van der Waals surface area contributed by atoms with E-state index < -0.39 is 0 Å². The van der Waals surface area contributed by atoms with E-state index in [0.29, 0.717) is 0 Å². The van der Waals surface area contributed by atoms with Crippen LogP contribution in [-0.2, 0) is 0 Å². The first-order valence-electron chi connectivity index (χ1n) is 2.14. The molecule has 0 saturated heterocycles. The number of hydrogen-bond acceptors (Lipinski definition) is 2. The van der Waals surface area contributed by atoms with Crippen LogP contribution >= 0.6 is 0 Å². The topological polar surface area (TPSA) is 56.6 Å². The molecule has 0 heterocycles. The van der Waals surface area contributed by atoms with Gasteiger partial charge in [0, 0.05) is 7.05 Å². The summed E-state index contributed by atoms with van der Waals surface area (Å²) in [6.07, 6.45) is 0. The van der Waals surface area contributed by atoms with Gasteiger partial charge in [0.25, 0.3) is 0 Å². The molecule has 1 atom stereocenters. The number of quaternary nitrogens is 1. The molecule has 5 nitrogen and oxygen atoms in total. The first-order chi connectivity index (χ1) is 3.72. The molecule has 0 rings (SSSR count). The van der Waals surface area contributed by atoms with E-state index >= 15 is 0 Å². The maximum Gasteiger partial charge on any atom is 0.186 e. The summed E-state index contributed by atoms with van der Waals surface area (Å²) < 4.78 is 0. The highest BCUT2D eigenvalue weighted by Gasteiger charge is 1.90. The molecule has 0 saturated carbocycles. The van der Waals surface area contributed by atoms with Crippen LogP contribution in [0.2, 0.25) is 0 Å². The van der Waals surface area contributed by atoms with Crippen LogP contribution in [0.1, 0.15) is 0 Å². The highest BCUT2D eigenvalue weighted by molar-refractivity contribution is 5.14. The van der Waals surface area contributed by atoms with Gasteiger partial charge in [-0.1, -0.05) is 17.1 Å². The SMILES string of the molecule is C=[N+]([N-]C)[NH+]([O-])NC. The molecule has 48 valence electrons. The Morgan fingerprint density at radius 1 is 1.88 bits per heavy atom. The first kappa shape index (κ1) is 7.35. The maximum absolute atomic E-state index is 10.4. The standard InChI is InChI=1S/C3H10N4O/c1-4-6(3)7(8)5-2/h5,7H,3H2,1-2H3. The minimum Gasteiger partial charge on any atom is -0.555 e. The number of nitrogens with one attached hydrogen (secondary N) is 2. The minimum absolute atomic E-state index is 0.312. The van der Waals surface area contributed by atoms with Gasteiger partial charge in [0.15, 0.2) is 6.72 Å². The van der Waals surface area contributed by atoms with E-state index in [9.17, 15) is 5.21 Å². The van der Waals surface area contributed by atoms with Crippen LogP contribution in [0.25, 0.3) is 5.43 Å². The predicted molar refractivity (Wildman–Crippen MR) is 30.1 cm³/mol. The van der Waals surface area contributed by atoms with Gasteiger partial charge in [0.05, 0.1) is 0 Å². The smallest absolute Gasteiger partial charge is 0.186 e. The fraction of sp³-hybridized carbons (Fsp3) is 0.667. The number of hydrogen-bond donors (Lipinski definition) is 2. The summed E-state index contributed by atoms with van der Waals surface area (Å²) >= 11 is 0. The van der Waals surface area contributed by atoms with Crippen LogP contribution in [0, 0.1) is 5.21 Å². The van der Waals surface area contributed by atoms with Crippen molar-refractivity contribution in [2.24, 2.45) is 0 Å². The molecule has 0 radical (unpaired) electrons. The highest BCUT2D eigenvalue weighted by atomic mass is 16.6. The fourth-order valence-corrected chi connectivity index (χ4v) is 0.220. The number of nitrogens with zero attached hydrogens (tertiary/aromatic N) is 2. The Kier molecular flexibility index (Phi) is 3.09. The van der Waals surface area contributed by atoms with Gasteiger partial charge in [0.1, 0.15) is 0 Å². The lowest BCUT2D eigenvalue weighted by atomic mass is 11.4. The van der Waals surface area contributed by atoms with Crippen molar-refractivity contribution in [2.75, 3.05) is 14.1 Å². The molecule has 0 fully saturated rings. The molecule has 0 aromatic rings. The van der Waals surface area contributed by atoms with Crippen molar-refractivity contribution in [3.63, 3.8) is 0 Å². The minimum atomic E-state index is -0.312. The molecular formula is C3H10N4O. The molecule has 0 aliphatic rings. The van der Waals surface area contributed by atoms with Crippen LogP contribution in [0.4, 0.5) is 0 Å². The summed E-state index contributed by atoms with van der Waals surface area (Å²) in [7, 11) is 3.01. The Labute approximate surface area is 48.1 Å². The Balaban J connectivity index is 3.46. The van der Waals surface area contributed by atoms with E-state index in [4.69, 9.17) is 0 Å². The molecule has 8 heavy (non-hydrogen) atoms. The third kappa shape index (κ3) is 1.87. The van der Waals surface area contributed by atoms with Crippen molar-refractivity contribution in [3.8, 4) is 0 Å². The predicted octanol–water partition coefficient (Wildman–Crippen LogP) is -1.95. The Morgan fingerprint density at radius 3 is 2.50 bits per heavy atom. The van der Waals surface area contributed by atoms with Crippen LogP contribution in [-0.4, -0.2) is 25.6 Å². The number of rotatable bonds is 3. The maximum atomic E-state index is 10.4. The lowest BCUT2D eigenvalue weighted by Gasteiger charge is -2.18. The van der Waals surface area contributed by atoms with Crippen molar-refractivity contribution in [1.29, 1.82) is 0 Å². The fourth-order valence-electron chi connectivity index (χ4n) is 0.220. The summed E-state index contributed by atoms with van der Waals surface area (Å²) in [4.78, 5) is 0.972. The van der Waals surface area contributed by atoms with Crippen LogP contribution in [0.15, 0.2) is 0 Å². The largest absolute Gasteiger partial charge is 0.555 e. The molecule has 5 heteroatoms. The zero-order valence-corrected chi connectivity index (χ0v) is 5.01. The molecule has 0 aromatic carbocycles. The van der Waals surface area contributed by atoms with Gasteiger partial charge in [-0.15, -0.1) is 5.43 Å². The van der Waals surface area contributed by atoms with E-state index in [0.717, 1.165) is 4.79 Å². The van der Waals surface area contributed by atoms with Crippen LogP contribution < -0.4 is 10.7 Å². The van der Waals surface area contributed by atoms with Gasteiger partial charge in [-0.25, -0.2) is 0 Å². The summed E-state index contributed by atoms with van der Waals surface area (Å²) in [5, 5.41) is 10.1.